The first-order chi connectivity index (χ1) is 8.62. The molecule has 0 aliphatic carbocycles. The van der Waals surface area contributed by atoms with E-state index in [0.29, 0.717) is 0 Å². The van der Waals surface area contributed by atoms with Gasteiger partial charge >= 0.3 is 0 Å². The maximum Gasteiger partial charge on any atom is 0.161 e. The Morgan fingerprint density at radius 2 is 1.89 bits per heavy atom. The van der Waals surface area contributed by atoms with Crippen LogP contribution < -0.4 is 14.8 Å². The molecule has 1 aromatic rings. The molecular formula is C15H23NO2. The lowest BCUT2D eigenvalue weighted by atomic mass is 10.0. The molecule has 0 aliphatic rings. The van der Waals surface area contributed by atoms with Crippen molar-refractivity contribution in [2.24, 2.45) is 0 Å². The van der Waals surface area contributed by atoms with Crippen LogP contribution in [0.3, 0.4) is 0 Å². The van der Waals surface area contributed by atoms with Crippen LogP contribution in [0.15, 0.2) is 29.8 Å². The number of hydrogen-bond donors (Lipinski definition) is 1. The van der Waals surface area contributed by atoms with Gasteiger partial charge in [-0.15, -0.1) is 0 Å². The average Bonchev–Trinajstić information content (AvgIpc) is 2.37. The van der Waals surface area contributed by atoms with Gasteiger partial charge in [-0.1, -0.05) is 24.6 Å². The van der Waals surface area contributed by atoms with Gasteiger partial charge in [0.15, 0.2) is 11.5 Å². The van der Waals surface area contributed by atoms with E-state index >= 15 is 0 Å². The molecule has 0 bridgehead atoms. The predicted octanol–water partition coefficient (Wildman–Crippen LogP) is 3.32. The number of benzene rings is 1. The van der Waals surface area contributed by atoms with Crippen molar-refractivity contribution in [3.8, 4) is 11.5 Å². The third-order valence-corrected chi connectivity index (χ3v) is 2.69. The Morgan fingerprint density at radius 3 is 2.39 bits per heavy atom. The summed E-state index contributed by atoms with van der Waals surface area (Å²) in [5.74, 6) is 1.52. The number of likely N-dealkylation sites (N-methyl/N-ethyl adjacent to an activating group) is 1. The Balaban J connectivity index is 3.08. The summed E-state index contributed by atoms with van der Waals surface area (Å²) in [5.41, 5.74) is 2.46. The lowest BCUT2D eigenvalue weighted by Gasteiger charge is -2.17. The Labute approximate surface area is 110 Å². The number of hydrogen-bond acceptors (Lipinski definition) is 3. The molecule has 1 atom stereocenters. The lowest BCUT2D eigenvalue weighted by Crippen LogP contribution is -2.19. The maximum absolute atomic E-state index is 5.34. The lowest BCUT2D eigenvalue weighted by molar-refractivity contribution is 0.354. The molecule has 0 heterocycles. The summed E-state index contributed by atoms with van der Waals surface area (Å²) in [6.07, 6.45) is 2.21. The van der Waals surface area contributed by atoms with Gasteiger partial charge in [0, 0.05) is 0 Å². The van der Waals surface area contributed by atoms with Gasteiger partial charge in [-0.05, 0) is 38.1 Å². The van der Waals surface area contributed by atoms with E-state index in [1.165, 1.54) is 11.1 Å². The number of nitrogens with one attached hydrogen (secondary N) is 1. The van der Waals surface area contributed by atoms with Gasteiger partial charge in [0.2, 0.25) is 0 Å². The van der Waals surface area contributed by atoms with E-state index in [-0.39, 0.29) is 6.04 Å². The van der Waals surface area contributed by atoms with Gasteiger partial charge in [0.05, 0.1) is 20.3 Å². The number of ether oxygens (including phenoxy) is 2. The van der Waals surface area contributed by atoms with Crippen LogP contribution in [0, 0.1) is 0 Å². The number of allylic oxidation sites excluding steroid dienone is 1. The molecule has 3 nitrogen and oxygen atoms in total. The van der Waals surface area contributed by atoms with Gasteiger partial charge in [0.1, 0.15) is 0 Å². The van der Waals surface area contributed by atoms with Crippen LogP contribution in [-0.4, -0.2) is 20.8 Å². The fourth-order valence-electron chi connectivity index (χ4n) is 1.87. The second kappa shape index (κ2) is 7.07. The third-order valence-electron chi connectivity index (χ3n) is 2.69. The summed E-state index contributed by atoms with van der Waals surface area (Å²) in [4.78, 5) is 0. The van der Waals surface area contributed by atoms with Gasteiger partial charge in [0.25, 0.3) is 0 Å². The molecule has 3 heteroatoms. The van der Waals surface area contributed by atoms with Gasteiger partial charge in [-0.3, -0.25) is 0 Å². The molecule has 0 spiro atoms. The average molecular weight is 249 g/mol. The molecule has 0 fully saturated rings. The van der Waals surface area contributed by atoms with Crippen LogP contribution in [0.4, 0.5) is 0 Å². The molecule has 0 amide bonds. The Kier molecular flexibility index (Phi) is 5.72. The summed E-state index contributed by atoms with van der Waals surface area (Å²) in [7, 11) is 3.31. The first-order valence-corrected chi connectivity index (χ1v) is 6.22. The van der Waals surface area contributed by atoms with Crippen molar-refractivity contribution in [2.75, 3.05) is 20.8 Å². The highest BCUT2D eigenvalue weighted by atomic mass is 16.5. The van der Waals surface area contributed by atoms with E-state index in [9.17, 15) is 0 Å². The molecule has 0 aromatic heterocycles. The number of methoxy groups -OCH3 is 2. The SMILES string of the molecule is CCNC(C=C(C)C)c1ccc(OC)c(OC)c1. The molecular weight excluding hydrogens is 226 g/mol. The van der Waals surface area contributed by atoms with Crippen molar-refractivity contribution in [1.82, 2.24) is 5.32 Å². The molecule has 0 aliphatic heterocycles. The van der Waals surface area contributed by atoms with Crippen molar-refractivity contribution in [3.63, 3.8) is 0 Å². The summed E-state index contributed by atoms with van der Waals surface area (Å²) in [6, 6.07) is 6.23. The first kappa shape index (κ1) is 14.6. The predicted molar refractivity (Wildman–Crippen MR) is 75.4 cm³/mol. The highest BCUT2D eigenvalue weighted by Gasteiger charge is 2.11. The zero-order chi connectivity index (χ0) is 13.5. The molecule has 100 valence electrons. The largest absolute Gasteiger partial charge is 0.493 e. The zero-order valence-corrected chi connectivity index (χ0v) is 11.9. The third kappa shape index (κ3) is 3.77. The molecule has 1 unspecified atom stereocenters. The van der Waals surface area contributed by atoms with Crippen LogP contribution in [0.1, 0.15) is 32.4 Å². The Hall–Kier alpha value is -1.48. The second-order valence-corrected chi connectivity index (χ2v) is 4.39. The van der Waals surface area contributed by atoms with E-state index in [2.05, 4.69) is 38.2 Å². The van der Waals surface area contributed by atoms with Gasteiger partial charge < -0.3 is 14.8 Å². The van der Waals surface area contributed by atoms with Crippen LogP contribution in [0.5, 0.6) is 11.5 Å². The van der Waals surface area contributed by atoms with Crippen LogP contribution >= 0.6 is 0 Å². The van der Waals surface area contributed by atoms with E-state index in [0.717, 1.165) is 18.0 Å². The van der Waals surface area contributed by atoms with Crippen molar-refractivity contribution in [2.45, 2.75) is 26.8 Å². The quantitative estimate of drug-likeness (QED) is 0.784. The minimum absolute atomic E-state index is 0.208. The Morgan fingerprint density at radius 1 is 1.22 bits per heavy atom. The van der Waals surface area contributed by atoms with Crippen molar-refractivity contribution in [3.05, 3.63) is 35.4 Å². The minimum Gasteiger partial charge on any atom is -0.493 e. The molecule has 0 saturated heterocycles. The highest BCUT2D eigenvalue weighted by Crippen LogP contribution is 2.30. The fourth-order valence-corrected chi connectivity index (χ4v) is 1.87. The van der Waals surface area contributed by atoms with E-state index < -0.39 is 0 Å². The maximum atomic E-state index is 5.34. The molecule has 1 rings (SSSR count). The summed E-state index contributed by atoms with van der Waals surface area (Å²) in [5, 5.41) is 3.45. The van der Waals surface area contributed by atoms with Crippen molar-refractivity contribution in [1.29, 1.82) is 0 Å². The topological polar surface area (TPSA) is 30.5 Å². The van der Waals surface area contributed by atoms with E-state index in [1.807, 2.05) is 12.1 Å². The first-order valence-electron chi connectivity index (χ1n) is 6.22. The van der Waals surface area contributed by atoms with E-state index in [1.54, 1.807) is 14.2 Å². The molecule has 1 aromatic carbocycles. The summed E-state index contributed by atoms with van der Waals surface area (Å²) in [6.45, 7) is 7.23. The molecule has 0 radical (unpaired) electrons. The summed E-state index contributed by atoms with van der Waals surface area (Å²) >= 11 is 0. The summed E-state index contributed by atoms with van der Waals surface area (Å²) < 4.78 is 10.6. The van der Waals surface area contributed by atoms with E-state index in [4.69, 9.17) is 9.47 Å². The standard InChI is InChI=1S/C15H23NO2/c1-6-16-13(9-11(2)3)12-7-8-14(17-4)15(10-12)18-5/h7-10,13,16H,6H2,1-5H3. The van der Waals surface area contributed by atoms with Crippen molar-refractivity contribution < 1.29 is 9.47 Å². The van der Waals surface area contributed by atoms with Crippen LogP contribution in [0.2, 0.25) is 0 Å². The zero-order valence-electron chi connectivity index (χ0n) is 11.9. The molecule has 1 N–H and O–H groups in total. The van der Waals surface area contributed by atoms with Crippen LogP contribution in [-0.2, 0) is 0 Å². The number of rotatable bonds is 6. The monoisotopic (exact) mass is 249 g/mol. The molecule has 0 saturated carbocycles. The van der Waals surface area contributed by atoms with Gasteiger partial charge in [-0.2, -0.15) is 0 Å². The van der Waals surface area contributed by atoms with Crippen LogP contribution in [0.25, 0.3) is 0 Å². The van der Waals surface area contributed by atoms with Crippen molar-refractivity contribution >= 4 is 0 Å². The fraction of sp³-hybridized carbons (Fsp3) is 0.467. The highest BCUT2D eigenvalue weighted by molar-refractivity contribution is 5.44. The normalized spacial score (nSPS) is 11.8. The Bertz CT molecular complexity index is 409. The van der Waals surface area contributed by atoms with Gasteiger partial charge in [-0.25, -0.2) is 0 Å². The molecule has 18 heavy (non-hydrogen) atoms. The minimum atomic E-state index is 0.208. The smallest absolute Gasteiger partial charge is 0.161 e. The second-order valence-electron chi connectivity index (χ2n) is 4.39.